The molecule has 0 spiro atoms. The van der Waals surface area contributed by atoms with Crippen LogP contribution in [0.5, 0.6) is 17.2 Å². The first kappa shape index (κ1) is 20.9. The molecule has 0 fully saturated rings. The Morgan fingerprint density at radius 3 is 2.06 bits per heavy atom. The van der Waals surface area contributed by atoms with Gasteiger partial charge in [0.25, 0.3) is 0 Å². The van der Waals surface area contributed by atoms with E-state index in [0.717, 1.165) is 33.7 Å². The average Bonchev–Trinajstić information content (AvgIpc) is 3.22. The second-order valence-corrected chi connectivity index (χ2v) is 9.07. The lowest BCUT2D eigenvalue weighted by Gasteiger charge is -2.16. The van der Waals surface area contributed by atoms with Gasteiger partial charge in [0.15, 0.2) is 21.3 Å². The van der Waals surface area contributed by atoms with Gasteiger partial charge >= 0.3 is 0 Å². The number of benzene rings is 2. The molecular weight excluding hydrogens is 416 g/mol. The summed E-state index contributed by atoms with van der Waals surface area (Å²) >= 11 is 0. The fourth-order valence-corrected chi connectivity index (χ4v) is 4.33. The minimum atomic E-state index is -3.26. The largest absolute Gasteiger partial charge is 0.493 e. The SMILES string of the molecule is COc1cc(C2=NCc3nccc(-c4ccc(S(C)(=O)=O)cc4)c32)cc(OC)c1OC. The van der Waals surface area contributed by atoms with E-state index in [1.807, 2.05) is 18.2 Å². The lowest BCUT2D eigenvalue weighted by atomic mass is 9.93. The third-order valence-corrected chi connectivity index (χ3v) is 6.31. The normalized spacial score (nSPS) is 12.8. The number of hydrogen-bond acceptors (Lipinski definition) is 7. The summed E-state index contributed by atoms with van der Waals surface area (Å²) in [7, 11) is 1.44. The van der Waals surface area contributed by atoms with E-state index in [-0.39, 0.29) is 4.90 Å². The third kappa shape index (κ3) is 3.74. The topological polar surface area (TPSA) is 87.1 Å². The molecule has 160 valence electrons. The highest BCUT2D eigenvalue weighted by molar-refractivity contribution is 7.90. The summed E-state index contributed by atoms with van der Waals surface area (Å²) in [4.78, 5) is 9.51. The van der Waals surface area contributed by atoms with E-state index in [2.05, 4.69) is 4.98 Å². The van der Waals surface area contributed by atoms with Gasteiger partial charge in [-0.25, -0.2) is 8.42 Å². The van der Waals surface area contributed by atoms with E-state index in [1.54, 1.807) is 51.8 Å². The van der Waals surface area contributed by atoms with Crippen LogP contribution in [0.1, 0.15) is 16.8 Å². The molecule has 4 rings (SSSR count). The average molecular weight is 439 g/mol. The van der Waals surface area contributed by atoms with E-state index in [9.17, 15) is 8.42 Å². The van der Waals surface area contributed by atoms with Crippen LogP contribution in [0.2, 0.25) is 0 Å². The Balaban J connectivity index is 1.85. The van der Waals surface area contributed by atoms with Crippen molar-refractivity contribution in [1.29, 1.82) is 0 Å². The zero-order chi connectivity index (χ0) is 22.2. The standard InChI is InChI=1S/C23H22N2O5S/c1-28-19-11-15(12-20(29-2)23(19)30-3)22-21-17(9-10-24-18(21)13-25-22)14-5-7-16(8-6-14)31(4,26)27/h5-12H,13H2,1-4H3. The molecule has 3 aromatic rings. The summed E-state index contributed by atoms with van der Waals surface area (Å²) in [5.41, 5.74) is 5.15. The Morgan fingerprint density at radius 2 is 1.52 bits per heavy atom. The van der Waals surface area contributed by atoms with E-state index in [0.29, 0.717) is 23.8 Å². The molecule has 0 unspecified atom stereocenters. The Morgan fingerprint density at radius 1 is 0.871 bits per heavy atom. The number of pyridine rings is 1. The van der Waals surface area contributed by atoms with E-state index >= 15 is 0 Å². The molecule has 0 amide bonds. The lowest BCUT2D eigenvalue weighted by Crippen LogP contribution is -2.06. The van der Waals surface area contributed by atoms with Gasteiger partial charge in [0.1, 0.15) is 0 Å². The van der Waals surface area contributed by atoms with Crippen molar-refractivity contribution in [2.24, 2.45) is 4.99 Å². The Bertz CT molecular complexity index is 1260. The van der Waals surface area contributed by atoms with Crippen LogP contribution in [0.15, 0.2) is 58.5 Å². The number of aromatic nitrogens is 1. The number of hydrogen-bond donors (Lipinski definition) is 0. The first-order chi connectivity index (χ1) is 14.9. The van der Waals surface area contributed by atoms with Gasteiger partial charge in [-0.05, 0) is 41.5 Å². The summed E-state index contributed by atoms with van der Waals surface area (Å²) < 4.78 is 40.0. The highest BCUT2D eigenvalue weighted by Crippen LogP contribution is 2.40. The van der Waals surface area contributed by atoms with Crippen molar-refractivity contribution in [2.75, 3.05) is 27.6 Å². The summed E-state index contributed by atoms with van der Waals surface area (Å²) in [6.45, 7) is 0.455. The molecule has 1 aliphatic rings. The van der Waals surface area contributed by atoms with Crippen LogP contribution in [0, 0.1) is 0 Å². The molecule has 0 radical (unpaired) electrons. The van der Waals surface area contributed by atoms with Crippen molar-refractivity contribution < 1.29 is 22.6 Å². The van der Waals surface area contributed by atoms with Crippen LogP contribution >= 0.6 is 0 Å². The minimum Gasteiger partial charge on any atom is -0.493 e. The molecule has 1 aromatic heterocycles. The maximum Gasteiger partial charge on any atom is 0.203 e. The van der Waals surface area contributed by atoms with E-state index in [4.69, 9.17) is 19.2 Å². The Hall–Kier alpha value is -3.39. The van der Waals surface area contributed by atoms with Crippen LogP contribution in [0.4, 0.5) is 0 Å². The second kappa shape index (κ2) is 8.03. The number of methoxy groups -OCH3 is 3. The summed E-state index contributed by atoms with van der Waals surface area (Å²) in [6, 6.07) is 12.5. The predicted octanol–water partition coefficient (Wildman–Crippen LogP) is 3.53. The lowest BCUT2D eigenvalue weighted by molar-refractivity contribution is 0.324. The number of nitrogens with zero attached hydrogens (tertiary/aromatic N) is 2. The number of aliphatic imine (C=N–C) groups is 1. The first-order valence-corrected chi connectivity index (χ1v) is 11.4. The van der Waals surface area contributed by atoms with Crippen LogP contribution in [0.25, 0.3) is 11.1 Å². The number of fused-ring (bicyclic) bond motifs is 1. The molecule has 7 nitrogen and oxygen atoms in total. The van der Waals surface area contributed by atoms with Gasteiger partial charge in [-0.3, -0.25) is 9.98 Å². The van der Waals surface area contributed by atoms with Crippen molar-refractivity contribution >= 4 is 15.5 Å². The van der Waals surface area contributed by atoms with Crippen LogP contribution in [0.3, 0.4) is 0 Å². The van der Waals surface area contributed by atoms with Crippen LogP contribution in [-0.4, -0.2) is 46.7 Å². The quantitative estimate of drug-likeness (QED) is 0.585. The van der Waals surface area contributed by atoms with E-state index in [1.165, 1.54) is 6.26 Å². The van der Waals surface area contributed by atoms with Crippen molar-refractivity contribution in [3.05, 3.63) is 65.5 Å². The zero-order valence-electron chi connectivity index (χ0n) is 17.7. The maximum absolute atomic E-state index is 11.8. The van der Waals surface area contributed by atoms with Crippen LogP contribution in [-0.2, 0) is 16.4 Å². The second-order valence-electron chi connectivity index (χ2n) is 7.06. The van der Waals surface area contributed by atoms with Crippen molar-refractivity contribution in [3.8, 4) is 28.4 Å². The fourth-order valence-electron chi connectivity index (χ4n) is 3.70. The molecule has 0 bridgehead atoms. The van der Waals surface area contributed by atoms with Crippen molar-refractivity contribution in [1.82, 2.24) is 4.98 Å². The minimum absolute atomic E-state index is 0.278. The smallest absolute Gasteiger partial charge is 0.203 e. The molecule has 0 saturated carbocycles. The van der Waals surface area contributed by atoms with Crippen molar-refractivity contribution in [2.45, 2.75) is 11.4 Å². The van der Waals surface area contributed by atoms with Gasteiger partial charge in [0.2, 0.25) is 5.75 Å². The van der Waals surface area contributed by atoms with Gasteiger partial charge in [0.05, 0.1) is 44.2 Å². The molecular formula is C23H22N2O5S. The Labute approximate surface area is 181 Å². The molecule has 1 aliphatic heterocycles. The molecule has 0 aliphatic carbocycles. The van der Waals surface area contributed by atoms with Gasteiger partial charge < -0.3 is 14.2 Å². The van der Waals surface area contributed by atoms with Crippen molar-refractivity contribution in [3.63, 3.8) is 0 Å². The number of ether oxygens (including phenoxy) is 3. The highest BCUT2D eigenvalue weighted by Gasteiger charge is 2.25. The summed E-state index contributed by atoms with van der Waals surface area (Å²) in [5, 5.41) is 0. The van der Waals surface area contributed by atoms with Gasteiger partial charge in [-0.1, -0.05) is 12.1 Å². The van der Waals surface area contributed by atoms with Crippen LogP contribution < -0.4 is 14.2 Å². The molecule has 0 N–H and O–H groups in total. The molecule has 0 atom stereocenters. The third-order valence-electron chi connectivity index (χ3n) is 5.18. The van der Waals surface area contributed by atoms with Gasteiger partial charge in [-0.2, -0.15) is 0 Å². The Kier molecular flexibility index (Phi) is 5.41. The molecule has 0 saturated heterocycles. The van der Waals surface area contributed by atoms with Gasteiger partial charge in [0, 0.05) is 23.6 Å². The van der Waals surface area contributed by atoms with Gasteiger partial charge in [-0.15, -0.1) is 0 Å². The molecule has 31 heavy (non-hydrogen) atoms. The fraction of sp³-hybridized carbons (Fsp3) is 0.217. The zero-order valence-corrected chi connectivity index (χ0v) is 18.5. The predicted molar refractivity (Wildman–Crippen MR) is 118 cm³/mol. The molecule has 2 heterocycles. The molecule has 8 heteroatoms. The summed E-state index contributed by atoms with van der Waals surface area (Å²) in [5.74, 6) is 1.59. The first-order valence-electron chi connectivity index (χ1n) is 9.51. The molecule has 2 aromatic carbocycles. The monoisotopic (exact) mass is 438 g/mol. The highest BCUT2D eigenvalue weighted by atomic mass is 32.2. The summed E-state index contributed by atoms with van der Waals surface area (Å²) in [6.07, 6.45) is 2.94. The number of rotatable bonds is 6. The number of sulfone groups is 1. The van der Waals surface area contributed by atoms with E-state index < -0.39 is 9.84 Å². The maximum atomic E-state index is 11.8.